The molecule has 0 saturated heterocycles. The van der Waals surface area contributed by atoms with E-state index >= 15 is 0 Å². The van der Waals surface area contributed by atoms with Gasteiger partial charge in [0.2, 0.25) is 0 Å². The number of hydrogen-bond acceptors (Lipinski definition) is 6. The maximum atomic E-state index is 12.2. The van der Waals surface area contributed by atoms with Crippen molar-refractivity contribution in [1.29, 1.82) is 0 Å². The van der Waals surface area contributed by atoms with Crippen molar-refractivity contribution in [2.45, 2.75) is 6.42 Å². The van der Waals surface area contributed by atoms with Crippen molar-refractivity contribution in [3.63, 3.8) is 0 Å². The van der Waals surface area contributed by atoms with Crippen LogP contribution in [0.1, 0.15) is 26.3 Å². The fourth-order valence-corrected chi connectivity index (χ4v) is 2.50. The van der Waals surface area contributed by atoms with E-state index in [-0.39, 0.29) is 17.5 Å². The molecule has 1 heterocycles. The summed E-state index contributed by atoms with van der Waals surface area (Å²) in [5.74, 6) is -1.33. The summed E-state index contributed by atoms with van der Waals surface area (Å²) in [6.45, 7) is 0.909. The number of amides is 2. The molecule has 0 N–H and O–H groups in total. The summed E-state index contributed by atoms with van der Waals surface area (Å²) in [5, 5.41) is 0.509. The molecule has 0 unspecified atom stereocenters. The van der Waals surface area contributed by atoms with Crippen LogP contribution in [0, 0.1) is 0 Å². The zero-order valence-electron chi connectivity index (χ0n) is 14.1. The third kappa shape index (κ3) is 3.73. The molecule has 3 rings (SSSR count). The summed E-state index contributed by atoms with van der Waals surface area (Å²) in [6.07, 6.45) is -0.0776. The summed E-state index contributed by atoms with van der Waals surface area (Å²) < 4.78 is 10.3. The number of carbonyl (C=O) groups is 3. The summed E-state index contributed by atoms with van der Waals surface area (Å²) >= 11 is 0. The number of benzene rings is 2. The normalized spacial score (nSPS) is 12.9. The molecule has 0 bridgehead atoms. The highest BCUT2D eigenvalue weighted by Gasteiger charge is 2.38. The molecular formula is C19H17NO6. The third-order valence-electron chi connectivity index (χ3n) is 3.78. The zero-order chi connectivity index (χ0) is 18.5. The van der Waals surface area contributed by atoms with E-state index < -0.39 is 17.8 Å². The minimum atomic E-state index is -0.701. The molecule has 0 aromatic heterocycles. The Morgan fingerprint density at radius 3 is 2.12 bits per heavy atom. The summed E-state index contributed by atoms with van der Waals surface area (Å²) in [6, 6.07) is 13.2. The lowest BCUT2D eigenvalue weighted by atomic mass is 10.1. The number of carbonyl (C=O) groups excluding carboxylic acids is 3. The van der Waals surface area contributed by atoms with Gasteiger partial charge in [-0.2, -0.15) is 0 Å². The average molecular weight is 355 g/mol. The molecule has 0 fully saturated rings. The zero-order valence-corrected chi connectivity index (χ0v) is 14.1. The van der Waals surface area contributed by atoms with Crippen molar-refractivity contribution in [1.82, 2.24) is 5.06 Å². The lowest BCUT2D eigenvalue weighted by Crippen LogP contribution is -2.33. The maximum Gasteiger partial charge on any atom is 0.337 e. The molecule has 134 valence electrons. The molecule has 1 aliphatic heterocycles. The minimum absolute atomic E-state index is 0.0776. The van der Waals surface area contributed by atoms with Gasteiger partial charge in [0.05, 0.1) is 24.2 Å². The second-order valence-electron chi connectivity index (χ2n) is 5.58. The number of hydrogen-bond donors (Lipinski definition) is 0. The quantitative estimate of drug-likeness (QED) is 0.558. The van der Waals surface area contributed by atoms with Gasteiger partial charge in [-0.25, -0.2) is 4.79 Å². The first-order valence-electron chi connectivity index (χ1n) is 7.99. The number of methoxy groups -OCH3 is 1. The highest BCUT2D eigenvalue weighted by molar-refractivity contribution is 6.20. The SMILES string of the molecule is COCCOc1ccc(CC(=O)ON2C(=O)c3ccccc3C2=O)cc1. The number of imide groups is 1. The molecule has 0 spiro atoms. The summed E-state index contributed by atoms with van der Waals surface area (Å²) in [7, 11) is 1.59. The minimum Gasteiger partial charge on any atom is -0.491 e. The first kappa shape index (κ1) is 17.6. The number of ether oxygens (including phenoxy) is 2. The topological polar surface area (TPSA) is 82.1 Å². The highest BCUT2D eigenvalue weighted by Crippen LogP contribution is 2.23. The maximum absolute atomic E-state index is 12.2. The van der Waals surface area contributed by atoms with Crippen LogP contribution in [0.5, 0.6) is 5.75 Å². The van der Waals surface area contributed by atoms with Gasteiger partial charge < -0.3 is 14.3 Å². The Bertz CT molecular complexity index is 795. The average Bonchev–Trinajstić information content (AvgIpc) is 2.89. The van der Waals surface area contributed by atoms with Gasteiger partial charge in [-0.05, 0) is 29.8 Å². The number of fused-ring (bicyclic) bond motifs is 1. The van der Waals surface area contributed by atoms with Gasteiger partial charge in [-0.15, -0.1) is 0 Å². The van der Waals surface area contributed by atoms with Crippen molar-refractivity contribution in [2.75, 3.05) is 20.3 Å². The molecule has 0 radical (unpaired) electrons. The van der Waals surface area contributed by atoms with E-state index in [1.165, 1.54) is 12.1 Å². The van der Waals surface area contributed by atoms with E-state index in [4.69, 9.17) is 14.3 Å². The highest BCUT2D eigenvalue weighted by atomic mass is 16.7. The first-order valence-corrected chi connectivity index (χ1v) is 7.99. The van der Waals surface area contributed by atoms with Crippen LogP contribution in [0.15, 0.2) is 48.5 Å². The van der Waals surface area contributed by atoms with E-state index in [9.17, 15) is 14.4 Å². The smallest absolute Gasteiger partial charge is 0.337 e. The Balaban J connectivity index is 1.58. The predicted octanol–water partition coefficient (Wildman–Crippen LogP) is 2.01. The van der Waals surface area contributed by atoms with Crippen molar-refractivity contribution in [2.24, 2.45) is 0 Å². The second kappa shape index (κ2) is 7.79. The van der Waals surface area contributed by atoms with Crippen LogP contribution in [0.4, 0.5) is 0 Å². The molecule has 7 heteroatoms. The Hall–Kier alpha value is -3.19. The van der Waals surface area contributed by atoms with Crippen LogP contribution in [0.3, 0.4) is 0 Å². The van der Waals surface area contributed by atoms with Crippen LogP contribution in [0.2, 0.25) is 0 Å². The monoisotopic (exact) mass is 355 g/mol. The molecule has 7 nitrogen and oxygen atoms in total. The fourth-order valence-electron chi connectivity index (χ4n) is 2.50. The van der Waals surface area contributed by atoms with Crippen molar-refractivity contribution in [3.05, 3.63) is 65.2 Å². The predicted molar refractivity (Wildman–Crippen MR) is 90.6 cm³/mol. The van der Waals surface area contributed by atoms with Gasteiger partial charge in [-0.1, -0.05) is 29.3 Å². The van der Waals surface area contributed by atoms with E-state index in [1.807, 2.05) is 0 Å². The summed E-state index contributed by atoms with van der Waals surface area (Å²) in [4.78, 5) is 41.4. The Labute approximate surface area is 150 Å². The first-order chi connectivity index (χ1) is 12.6. The van der Waals surface area contributed by atoms with Gasteiger partial charge in [0, 0.05) is 7.11 Å². The molecule has 0 aliphatic carbocycles. The Morgan fingerprint density at radius 1 is 0.923 bits per heavy atom. The molecule has 2 aromatic carbocycles. The van der Waals surface area contributed by atoms with Gasteiger partial charge in [0.25, 0.3) is 11.8 Å². The van der Waals surface area contributed by atoms with Crippen LogP contribution < -0.4 is 4.74 Å². The lowest BCUT2D eigenvalue weighted by molar-refractivity contribution is -0.167. The standard InChI is InChI=1S/C19H17NO6/c1-24-10-11-25-14-8-6-13(7-9-14)12-17(21)26-20-18(22)15-4-2-3-5-16(15)19(20)23/h2-9H,10-12H2,1H3. The molecular weight excluding hydrogens is 338 g/mol. The van der Waals surface area contributed by atoms with Crippen LogP contribution in [-0.2, 0) is 20.8 Å². The van der Waals surface area contributed by atoms with E-state index in [0.29, 0.717) is 29.6 Å². The molecule has 0 saturated carbocycles. The Morgan fingerprint density at radius 2 is 1.54 bits per heavy atom. The largest absolute Gasteiger partial charge is 0.491 e. The number of nitrogens with zero attached hydrogens (tertiary/aromatic N) is 1. The second-order valence-corrected chi connectivity index (χ2v) is 5.58. The van der Waals surface area contributed by atoms with Gasteiger partial charge >= 0.3 is 5.97 Å². The van der Waals surface area contributed by atoms with E-state index in [1.54, 1.807) is 43.5 Å². The molecule has 0 atom stereocenters. The lowest BCUT2D eigenvalue weighted by Gasteiger charge is -2.13. The molecule has 26 heavy (non-hydrogen) atoms. The number of rotatable bonds is 7. The van der Waals surface area contributed by atoms with Crippen molar-refractivity contribution >= 4 is 17.8 Å². The van der Waals surface area contributed by atoms with Crippen LogP contribution in [0.25, 0.3) is 0 Å². The van der Waals surface area contributed by atoms with Crippen molar-refractivity contribution < 1.29 is 28.7 Å². The third-order valence-corrected chi connectivity index (χ3v) is 3.78. The summed E-state index contributed by atoms with van der Waals surface area (Å²) in [5.41, 5.74) is 1.12. The Kier molecular flexibility index (Phi) is 5.28. The molecule has 2 amide bonds. The number of hydroxylamine groups is 2. The van der Waals surface area contributed by atoms with E-state index in [2.05, 4.69) is 0 Å². The van der Waals surface area contributed by atoms with Gasteiger partial charge in [-0.3, -0.25) is 9.59 Å². The van der Waals surface area contributed by atoms with Crippen LogP contribution in [-0.4, -0.2) is 43.2 Å². The van der Waals surface area contributed by atoms with Crippen LogP contribution >= 0.6 is 0 Å². The van der Waals surface area contributed by atoms with Gasteiger partial charge in [0.1, 0.15) is 12.4 Å². The van der Waals surface area contributed by atoms with Gasteiger partial charge in [0.15, 0.2) is 0 Å². The van der Waals surface area contributed by atoms with Crippen molar-refractivity contribution in [3.8, 4) is 5.75 Å². The van der Waals surface area contributed by atoms with E-state index in [0.717, 1.165) is 0 Å². The molecule has 1 aliphatic rings. The molecule has 2 aromatic rings. The fraction of sp³-hybridized carbons (Fsp3) is 0.211.